The number of nitrogens with zero attached hydrogens (tertiary/aromatic N) is 1. The Hall–Kier alpha value is -1.39. The number of likely N-dealkylation sites (tertiary alicyclic amines) is 1. The van der Waals surface area contributed by atoms with Crippen molar-refractivity contribution >= 4 is 5.97 Å². The summed E-state index contributed by atoms with van der Waals surface area (Å²) in [6.45, 7) is 5.08. The first-order valence-electron chi connectivity index (χ1n) is 7.06. The number of methoxy groups -OCH3 is 1. The number of rotatable bonds is 5. The molecule has 4 heteroatoms. The highest BCUT2D eigenvalue weighted by atomic mass is 16.5. The molecule has 4 nitrogen and oxygen atoms in total. The molecule has 1 heterocycles. The molecule has 0 amide bonds. The van der Waals surface area contributed by atoms with Gasteiger partial charge in [-0.25, -0.2) is 0 Å². The van der Waals surface area contributed by atoms with E-state index in [1.54, 1.807) is 7.11 Å². The highest BCUT2D eigenvalue weighted by Crippen LogP contribution is 2.31. The second kappa shape index (κ2) is 6.37. The third-order valence-electron chi connectivity index (χ3n) is 4.22. The van der Waals surface area contributed by atoms with E-state index in [4.69, 9.17) is 4.74 Å². The highest BCUT2D eigenvalue weighted by molar-refractivity contribution is 5.74. The minimum atomic E-state index is -0.666. The highest BCUT2D eigenvalue weighted by Gasteiger charge is 2.36. The maximum absolute atomic E-state index is 11.2. The average Bonchev–Trinajstić information content (AvgIpc) is 2.44. The Kier molecular flexibility index (Phi) is 4.78. The van der Waals surface area contributed by atoms with Gasteiger partial charge in [-0.05, 0) is 44.0 Å². The predicted molar refractivity (Wildman–Crippen MR) is 77.4 cm³/mol. The van der Waals surface area contributed by atoms with Crippen molar-refractivity contribution in [3.05, 3.63) is 35.4 Å². The van der Waals surface area contributed by atoms with Gasteiger partial charge >= 0.3 is 5.97 Å². The van der Waals surface area contributed by atoms with Crippen LogP contribution in [0.1, 0.15) is 30.9 Å². The Balaban J connectivity index is 1.87. The molecule has 1 aromatic carbocycles. The van der Waals surface area contributed by atoms with Gasteiger partial charge in [0.15, 0.2) is 0 Å². The molecular formula is C16H23NO3. The Morgan fingerprint density at radius 1 is 1.25 bits per heavy atom. The van der Waals surface area contributed by atoms with Crippen molar-refractivity contribution in [1.29, 1.82) is 0 Å². The van der Waals surface area contributed by atoms with Gasteiger partial charge in [0.2, 0.25) is 0 Å². The fraction of sp³-hybridized carbons (Fsp3) is 0.562. The van der Waals surface area contributed by atoms with E-state index in [0.29, 0.717) is 6.61 Å². The summed E-state index contributed by atoms with van der Waals surface area (Å²) in [6.07, 6.45) is 1.45. The zero-order valence-corrected chi connectivity index (χ0v) is 12.3. The number of carboxylic acid groups (broad SMARTS) is 1. The number of benzene rings is 1. The standard InChI is InChI=1S/C16H23NO3/c1-16(15(18)19)7-9-17(10-8-16)11-13-3-5-14(6-4-13)12-20-2/h3-6H,7-12H2,1-2H3,(H,18,19). The van der Waals surface area contributed by atoms with Crippen molar-refractivity contribution < 1.29 is 14.6 Å². The molecular weight excluding hydrogens is 254 g/mol. The van der Waals surface area contributed by atoms with Gasteiger partial charge in [-0.3, -0.25) is 9.69 Å². The smallest absolute Gasteiger partial charge is 0.309 e. The van der Waals surface area contributed by atoms with Crippen LogP contribution >= 0.6 is 0 Å². The molecule has 1 saturated heterocycles. The zero-order chi connectivity index (χ0) is 14.6. The summed E-state index contributed by atoms with van der Waals surface area (Å²) in [5.74, 6) is -0.666. The Labute approximate surface area is 120 Å². The van der Waals surface area contributed by atoms with Gasteiger partial charge in [-0.15, -0.1) is 0 Å². The van der Waals surface area contributed by atoms with Crippen molar-refractivity contribution in [1.82, 2.24) is 4.90 Å². The summed E-state index contributed by atoms with van der Waals surface area (Å²) in [5, 5.41) is 9.22. The van der Waals surface area contributed by atoms with Gasteiger partial charge in [-0.1, -0.05) is 24.3 Å². The van der Waals surface area contributed by atoms with Crippen LogP contribution < -0.4 is 0 Å². The van der Waals surface area contributed by atoms with Crippen LogP contribution in [0.2, 0.25) is 0 Å². The molecule has 0 radical (unpaired) electrons. The number of hydrogen-bond donors (Lipinski definition) is 1. The minimum absolute atomic E-state index is 0.543. The molecule has 0 spiro atoms. The lowest BCUT2D eigenvalue weighted by molar-refractivity contribution is -0.150. The van der Waals surface area contributed by atoms with E-state index in [1.165, 1.54) is 11.1 Å². The van der Waals surface area contributed by atoms with Crippen molar-refractivity contribution in [3.63, 3.8) is 0 Å². The predicted octanol–water partition coefficient (Wildman–Crippen LogP) is 2.52. The van der Waals surface area contributed by atoms with Gasteiger partial charge in [0.25, 0.3) is 0 Å². The van der Waals surface area contributed by atoms with Gasteiger partial charge < -0.3 is 9.84 Å². The monoisotopic (exact) mass is 277 g/mol. The molecule has 110 valence electrons. The molecule has 1 fully saturated rings. The fourth-order valence-corrected chi connectivity index (χ4v) is 2.58. The first kappa shape index (κ1) is 15.0. The zero-order valence-electron chi connectivity index (χ0n) is 12.3. The molecule has 0 aliphatic carbocycles. The molecule has 0 aromatic heterocycles. The molecule has 1 N–H and O–H groups in total. The number of piperidine rings is 1. The molecule has 0 unspecified atom stereocenters. The van der Waals surface area contributed by atoms with Gasteiger partial charge in [-0.2, -0.15) is 0 Å². The van der Waals surface area contributed by atoms with Crippen molar-refractivity contribution in [3.8, 4) is 0 Å². The SMILES string of the molecule is COCc1ccc(CN2CCC(C)(C(=O)O)CC2)cc1. The average molecular weight is 277 g/mol. The molecule has 0 atom stereocenters. The second-order valence-electron chi connectivity index (χ2n) is 5.89. The first-order chi connectivity index (χ1) is 9.53. The Morgan fingerprint density at radius 3 is 2.30 bits per heavy atom. The lowest BCUT2D eigenvalue weighted by atomic mass is 9.80. The number of ether oxygens (including phenoxy) is 1. The van der Waals surface area contributed by atoms with Crippen LogP contribution in [0, 0.1) is 5.41 Å². The Morgan fingerprint density at radius 2 is 1.80 bits per heavy atom. The van der Waals surface area contributed by atoms with Gasteiger partial charge in [0, 0.05) is 13.7 Å². The van der Waals surface area contributed by atoms with Crippen LogP contribution in [0.15, 0.2) is 24.3 Å². The normalized spacial score (nSPS) is 18.9. The lowest BCUT2D eigenvalue weighted by Crippen LogP contribution is -2.42. The van der Waals surface area contributed by atoms with Crippen molar-refractivity contribution in [2.24, 2.45) is 5.41 Å². The number of carboxylic acids is 1. The van der Waals surface area contributed by atoms with Crippen LogP contribution in [0.3, 0.4) is 0 Å². The minimum Gasteiger partial charge on any atom is -0.481 e. The third-order valence-corrected chi connectivity index (χ3v) is 4.22. The van der Waals surface area contributed by atoms with Crippen LogP contribution in [-0.2, 0) is 22.7 Å². The van der Waals surface area contributed by atoms with E-state index >= 15 is 0 Å². The van der Waals surface area contributed by atoms with Gasteiger partial charge in [0.1, 0.15) is 0 Å². The van der Waals surface area contributed by atoms with Crippen molar-refractivity contribution in [2.75, 3.05) is 20.2 Å². The fourth-order valence-electron chi connectivity index (χ4n) is 2.58. The van der Waals surface area contributed by atoms with E-state index in [2.05, 4.69) is 29.2 Å². The molecule has 0 bridgehead atoms. The maximum atomic E-state index is 11.2. The molecule has 0 saturated carbocycles. The summed E-state index contributed by atoms with van der Waals surface area (Å²) in [5.41, 5.74) is 1.90. The van der Waals surface area contributed by atoms with Crippen LogP contribution in [-0.4, -0.2) is 36.2 Å². The largest absolute Gasteiger partial charge is 0.481 e. The molecule has 1 aromatic rings. The van der Waals surface area contributed by atoms with Crippen LogP contribution in [0.4, 0.5) is 0 Å². The summed E-state index contributed by atoms with van der Waals surface area (Å²) in [7, 11) is 1.70. The van der Waals surface area contributed by atoms with E-state index in [-0.39, 0.29) is 0 Å². The van der Waals surface area contributed by atoms with Crippen molar-refractivity contribution in [2.45, 2.75) is 32.9 Å². The van der Waals surface area contributed by atoms with Gasteiger partial charge in [0.05, 0.1) is 12.0 Å². The van der Waals surface area contributed by atoms with E-state index in [0.717, 1.165) is 32.5 Å². The number of hydrogen-bond acceptors (Lipinski definition) is 3. The first-order valence-corrected chi connectivity index (χ1v) is 7.06. The van der Waals surface area contributed by atoms with E-state index in [9.17, 15) is 9.90 Å². The molecule has 2 rings (SSSR count). The second-order valence-corrected chi connectivity index (χ2v) is 5.89. The topological polar surface area (TPSA) is 49.8 Å². The maximum Gasteiger partial charge on any atom is 0.309 e. The third kappa shape index (κ3) is 3.58. The van der Waals surface area contributed by atoms with Crippen LogP contribution in [0.5, 0.6) is 0 Å². The molecule has 1 aliphatic rings. The van der Waals surface area contributed by atoms with E-state index in [1.807, 2.05) is 6.92 Å². The molecule has 20 heavy (non-hydrogen) atoms. The number of aliphatic carboxylic acids is 1. The summed E-state index contributed by atoms with van der Waals surface area (Å²) in [4.78, 5) is 13.5. The lowest BCUT2D eigenvalue weighted by Gasteiger charge is -2.36. The number of carbonyl (C=O) groups is 1. The van der Waals surface area contributed by atoms with E-state index < -0.39 is 11.4 Å². The summed E-state index contributed by atoms with van der Waals surface area (Å²) < 4.78 is 5.10. The summed E-state index contributed by atoms with van der Waals surface area (Å²) >= 11 is 0. The Bertz CT molecular complexity index is 447. The molecule has 1 aliphatic heterocycles. The summed E-state index contributed by atoms with van der Waals surface area (Å²) in [6, 6.07) is 8.42. The van der Waals surface area contributed by atoms with Crippen LogP contribution in [0.25, 0.3) is 0 Å². The quantitative estimate of drug-likeness (QED) is 0.898.